The molecule has 3 unspecified atom stereocenters. The average Bonchev–Trinajstić information content (AvgIpc) is 2.27. The van der Waals surface area contributed by atoms with E-state index in [1.54, 1.807) is 0 Å². The highest BCUT2D eigenvalue weighted by Gasteiger charge is 2.51. The van der Waals surface area contributed by atoms with Crippen molar-refractivity contribution in [2.75, 3.05) is 6.54 Å². The maximum absolute atomic E-state index is 12.4. The van der Waals surface area contributed by atoms with Gasteiger partial charge in [-0.1, -0.05) is 19.8 Å². The fraction of sp³-hybridized carbons (Fsp3) is 0.786. The second-order valence-electron chi connectivity index (χ2n) is 5.42. The van der Waals surface area contributed by atoms with E-state index in [9.17, 15) is 9.90 Å². The summed E-state index contributed by atoms with van der Waals surface area (Å²) in [6.07, 6.45) is 6.68. The molecular formula is C14H23NO2. The fourth-order valence-electron chi connectivity index (χ4n) is 3.89. The van der Waals surface area contributed by atoms with Crippen LogP contribution in [0.3, 0.4) is 0 Å². The second kappa shape index (κ2) is 4.71. The number of fused-ring (bicyclic) bond motifs is 2. The molecule has 1 amide bonds. The first-order chi connectivity index (χ1) is 8.14. The molecule has 0 spiro atoms. The molecule has 0 heterocycles. The Balaban J connectivity index is 2.34. The van der Waals surface area contributed by atoms with Crippen LogP contribution < -0.4 is 5.32 Å². The van der Waals surface area contributed by atoms with Crippen LogP contribution in [0.4, 0.5) is 0 Å². The topological polar surface area (TPSA) is 49.3 Å². The number of allylic oxidation sites excluding steroid dienone is 2. The molecule has 96 valence electrons. The number of rotatable bonds is 3. The number of hydrogen-bond acceptors (Lipinski definition) is 2. The van der Waals surface area contributed by atoms with Crippen molar-refractivity contribution in [3.05, 3.63) is 11.8 Å². The molecule has 0 saturated heterocycles. The molecule has 0 aromatic heterocycles. The molecule has 0 radical (unpaired) electrons. The van der Waals surface area contributed by atoms with Gasteiger partial charge in [-0.15, -0.1) is 0 Å². The highest BCUT2D eigenvalue weighted by molar-refractivity contribution is 5.83. The number of aliphatic hydroxyl groups excluding tert-OH is 1. The summed E-state index contributed by atoms with van der Waals surface area (Å²) < 4.78 is 0. The van der Waals surface area contributed by atoms with Gasteiger partial charge in [-0.2, -0.15) is 0 Å². The molecule has 0 aliphatic heterocycles. The lowest BCUT2D eigenvalue weighted by Gasteiger charge is -2.48. The van der Waals surface area contributed by atoms with Crippen LogP contribution in [0.1, 0.15) is 46.0 Å². The molecular weight excluding hydrogens is 214 g/mol. The van der Waals surface area contributed by atoms with Crippen molar-refractivity contribution < 1.29 is 9.90 Å². The van der Waals surface area contributed by atoms with Gasteiger partial charge in [0.25, 0.3) is 0 Å². The molecule has 2 bridgehead atoms. The largest absolute Gasteiger partial charge is 0.513 e. The van der Waals surface area contributed by atoms with Crippen LogP contribution in [0.2, 0.25) is 0 Å². The lowest BCUT2D eigenvalue weighted by atomic mass is 9.56. The Morgan fingerprint density at radius 3 is 3.00 bits per heavy atom. The highest BCUT2D eigenvalue weighted by Crippen LogP contribution is 2.53. The van der Waals surface area contributed by atoms with Crippen molar-refractivity contribution in [3.63, 3.8) is 0 Å². The molecule has 1 saturated carbocycles. The minimum absolute atomic E-state index is 0.149. The van der Waals surface area contributed by atoms with Crippen LogP contribution in [0.25, 0.3) is 0 Å². The Hall–Kier alpha value is -0.990. The first kappa shape index (κ1) is 12.5. The van der Waals surface area contributed by atoms with E-state index < -0.39 is 0 Å². The Morgan fingerprint density at radius 2 is 2.35 bits per heavy atom. The first-order valence-electron chi connectivity index (χ1n) is 6.82. The van der Waals surface area contributed by atoms with Gasteiger partial charge in [0.05, 0.1) is 11.2 Å². The third-order valence-electron chi connectivity index (χ3n) is 4.52. The second-order valence-corrected chi connectivity index (χ2v) is 5.42. The fourth-order valence-corrected chi connectivity index (χ4v) is 3.89. The summed E-state index contributed by atoms with van der Waals surface area (Å²) in [5.41, 5.74) is -0.341. The van der Waals surface area contributed by atoms with Crippen LogP contribution >= 0.6 is 0 Å². The van der Waals surface area contributed by atoms with Gasteiger partial charge < -0.3 is 10.4 Å². The van der Waals surface area contributed by atoms with Crippen LogP contribution in [-0.4, -0.2) is 17.6 Å². The van der Waals surface area contributed by atoms with Gasteiger partial charge in [0.1, 0.15) is 0 Å². The predicted molar refractivity (Wildman–Crippen MR) is 67.6 cm³/mol. The van der Waals surface area contributed by atoms with E-state index in [2.05, 4.69) is 12.2 Å². The molecule has 0 aromatic rings. The minimum atomic E-state index is -0.341. The Labute approximate surface area is 103 Å². The van der Waals surface area contributed by atoms with Crippen molar-refractivity contribution in [2.45, 2.75) is 46.0 Å². The zero-order valence-corrected chi connectivity index (χ0v) is 10.8. The molecule has 3 nitrogen and oxygen atoms in total. The van der Waals surface area contributed by atoms with E-state index in [0.717, 1.165) is 25.7 Å². The standard InChI is InChI=1S/C14H23NO2/c1-3-12-10-6-5-7-14(12,9-11(16)8-10)13(17)15-4-2/h8,10,12,16H,3-7,9H2,1-2H3,(H,15,17). The summed E-state index contributed by atoms with van der Waals surface area (Å²) in [4.78, 5) is 12.4. The molecule has 17 heavy (non-hydrogen) atoms. The minimum Gasteiger partial charge on any atom is -0.513 e. The molecule has 2 rings (SSSR count). The van der Waals surface area contributed by atoms with Gasteiger partial charge in [-0.25, -0.2) is 0 Å². The summed E-state index contributed by atoms with van der Waals surface area (Å²) >= 11 is 0. The summed E-state index contributed by atoms with van der Waals surface area (Å²) in [6, 6.07) is 0. The van der Waals surface area contributed by atoms with Gasteiger partial charge in [-0.05, 0) is 37.7 Å². The van der Waals surface area contributed by atoms with E-state index in [0.29, 0.717) is 30.6 Å². The number of carbonyl (C=O) groups excluding carboxylic acids is 1. The first-order valence-corrected chi connectivity index (χ1v) is 6.82. The van der Waals surface area contributed by atoms with E-state index in [4.69, 9.17) is 0 Å². The van der Waals surface area contributed by atoms with Crippen molar-refractivity contribution in [1.82, 2.24) is 5.32 Å². The Bertz CT molecular complexity index is 337. The predicted octanol–water partition coefficient (Wildman–Crippen LogP) is 2.78. The van der Waals surface area contributed by atoms with Crippen molar-refractivity contribution in [3.8, 4) is 0 Å². The van der Waals surface area contributed by atoms with E-state index >= 15 is 0 Å². The van der Waals surface area contributed by atoms with Crippen molar-refractivity contribution in [1.29, 1.82) is 0 Å². The van der Waals surface area contributed by atoms with Crippen LogP contribution in [0.15, 0.2) is 11.8 Å². The number of amides is 1. The smallest absolute Gasteiger partial charge is 0.226 e. The zero-order valence-electron chi connectivity index (χ0n) is 10.8. The van der Waals surface area contributed by atoms with Gasteiger partial charge in [0.15, 0.2) is 0 Å². The zero-order chi connectivity index (χ0) is 12.5. The van der Waals surface area contributed by atoms with Crippen LogP contribution in [0.5, 0.6) is 0 Å². The average molecular weight is 237 g/mol. The van der Waals surface area contributed by atoms with Crippen molar-refractivity contribution in [2.24, 2.45) is 17.3 Å². The third kappa shape index (κ3) is 1.96. The molecule has 1 fully saturated rings. The Kier molecular flexibility index (Phi) is 3.45. The highest BCUT2D eigenvalue weighted by atomic mass is 16.3. The maximum Gasteiger partial charge on any atom is 0.226 e. The SMILES string of the molecule is CCNC(=O)C12CCCC(C=C(O)C1)C2CC. The van der Waals surface area contributed by atoms with Crippen molar-refractivity contribution >= 4 is 5.91 Å². The normalized spacial score (nSPS) is 36.2. The third-order valence-corrected chi connectivity index (χ3v) is 4.52. The molecule has 2 aliphatic carbocycles. The summed E-state index contributed by atoms with van der Waals surface area (Å²) in [5, 5.41) is 12.9. The molecule has 3 heteroatoms. The lowest BCUT2D eigenvalue weighted by Crippen LogP contribution is -2.51. The summed E-state index contributed by atoms with van der Waals surface area (Å²) in [5.74, 6) is 1.37. The summed E-state index contributed by atoms with van der Waals surface area (Å²) in [6.45, 7) is 4.79. The van der Waals surface area contributed by atoms with Crippen LogP contribution in [0, 0.1) is 17.3 Å². The van der Waals surface area contributed by atoms with Gasteiger partial charge in [0, 0.05) is 13.0 Å². The quantitative estimate of drug-likeness (QED) is 0.793. The van der Waals surface area contributed by atoms with E-state index in [-0.39, 0.29) is 11.3 Å². The maximum atomic E-state index is 12.4. The lowest BCUT2D eigenvalue weighted by molar-refractivity contribution is -0.139. The van der Waals surface area contributed by atoms with Gasteiger partial charge in [-0.3, -0.25) is 4.79 Å². The van der Waals surface area contributed by atoms with E-state index in [1.165, 1.54) is 0 Å². The molecule has 0 aromatic carbocycles. The number of carbonyl (C=O) groups is 1. The van der Waals surface area contributed by atoms with Gasteiger partial charge >= 0.3 is 0 Å². The monoisotopic (exact) mass is 237 g/mol. The van der Waals surface area contributed by atoms with Gasteiger partial charge in [0.2, 0.25) is 5.91 Å². The Morgan fingerprint density at radius 1 is 1.59 bits per heavy atom. The molecule has 2 aliphatic rings. The van der Waals surface area contributed by atoms with Crippen LogP contribution in [-0.2, 0) is 4.79 Å². The number of nitrogens with one attached hydrogen (secondary N) is 1. The number of hydrogen-bond donors (Lipinski definition) is 2. The van der Waals surface area contributed by atoms with E-state index in [1.807, 2.05) is 13.0 Å². The molecule has 2 N–H and O–H groups in total. The number of aliphatic hydroxyl groups is 1. The molecule has 3 atom stereocenters. The summed E-state index contributed by atoms with van der Waals surface area (Å²) in [7, 11) is 0.